The molecule has 0 spiro atoms. The number of hydrogen-bond donors (Lipinski definition) is 1. The van der Waals surface area contributed by atoms with E-state index >= 15 is 0 Å². The maximum atomic E-state index is 9.32. The molecular weight excluding hydrogens is 130 g/mol. The highest BCUT2D eigenvalue weighted by Crippen LogP contribution is 2.15. The van der Waals surface area contributed by atoms with Crippen LogP contribution in [-0.2, 0) is 5.60 Å². The predicted molar refractivity (Wildman–Crippen MR) is 34.9 cm³/mol. The number of aromatic nitrogens is 1. The molecule has 0 bridgehead atoms. The molecule has 1 aromatic rings. The van der Waals surface area contributed by atoms with Crippen LogP contribution in [0, 0.1) is 12.3 Å². The summed E-state index contributed by atoms with van der Waals surface area (Å²) in [6.07, 6.45) is 6.38. The zero-order chi connectivity index (χ0) is 7.61. The van der Waals surface area contributed by atoms with Crippen molar-refractivity contribution in [2.24, 2.45) is 0 Å². The van der Waals surface area contributed by atoms with E-state index in [0.717, 1.165) is 0 Å². The van der Waals surface area contributed by atoms with E-state index in [1.165, 1.54) is 19.3 Å². The lowest BCUT2D eigenvalue weighted by molar-refractivity contribution is 0.113. The van der Waals surface area contributed by atoms with Crippen molar-refractivity contribution < 1.29 is 9.63 Å². The third-order valence-corrected chi connectivity index (χ3v) is 1.22. The topological polar surface area (TPSA) is 46.3 Å². The molecule has 0 saturated heterocycles. The molecule has 1 atom stereocenters. The maximum Gasteiger partial charge on any atom is 0.168 e. The van der Waals surface area contributed by atoms with Crippen LogP contribution in [0.5, 0.6) is 0 Å². The van der Waals surface area contributed by atoms with Gasteiger partial charge >= 0.3 is 0 Å². The minimum Gasteiger partial charge on any atom is -0.372 e. The summed E-state index contributed by atoms with van der Waals surface area (Å²) in [6.45, 7) is 1.48. The zero-order valence-corrected chi connectivity index (χ0v) is 5.53. The van der Waals surface area contributed by atoms with Crippen LogP contribution >= 0.6 is 0 Å². The Balaban J connectivity index is 2.99. The van der Waals surface area contributed by atoms with Gasteiger partial charge in [0.2, 0.25) is 0 Å². The zero-order valence-electron chi connectivity index (χ0n) is 5.53. The van der Waals surface area contributed by atoms with Crippen molar-refractivity contribution in [1.29, 1.82) is 0 Å². The number of rotatable bonds is 1. The quantitative estimate of drug-likeness (QED) is 0.574. The van der Waals surface area contributed by atoms with Gasteiger partial charge < -0.3 is 9.63 Å². The van der Waals surface area contributed by atoms with E-state index in [0.29, 0.717) is 5.69 Å². The van der Waals surface area contributed by atoms with E-state index in [9.17, 15) is 5.11 Å². The molecule has 0 aliphatic heterocycles. The summed E-state index contributed by atoms with van der Waals surface area (Å²) in [5, 5.41) is 12.8. The third kappa shape index (κ3) is 1.02. The van der Waals surface area contributed by atoms with Gasteiger partial charge in [0.25, 0.3) is 0 Å². The summed E-state index contributed by atoms with van der Waals surface area (Å²) < 4.78 is 4.50. The molecule has 1 rings (SSSR count). The van der Waals surface area contributed by atoms with Gasteiger partial charge in [-0.1, -0.05) is 11.1 Å². The molecule has 1 heterocycles. The van der Waals surface area contributed by atoms with Gasteiger partial charge in [0.15, 0.2) is 5.60 Å². The lowest BCUT2D eigenvalue weighted by Crippen LogP contribution is -2.18. The molecule has 0 fully saturated rings. The second kappa shape index (κ2) is 2.16. The average Bonchev–Trinajstić information content (AvgIpc) is 2.38. The third-order valence-electron chi connectivity index (χ3n) is 1.22. The van der Waals surface area contributed by atoms with E-state index < -0.39 is 5.60 Å². The molecule has 0 aliphatic rings. The minimum absolute atomic E-state index is 0.356. The van der Waals surface area contributed by atoms with E-state index in [-0.39, 0.29) is 0 Å². The van der Waals surface area contributed by atoms with Crippen LogP contribution < -0.4 is 0 Å². The van der Waals surface area contributed by atoms with Gasteiger partial charge in [-0.15, -0.1) is 6.42 Å². The van der Waals surface area contributed by atoms with Gasteiger partial charge in [-0.05, 0) is 6.92 Å². The summed E-state index contributed by atoms with van der Waals surface area (Å²) in [7, 11) is 0. The standard InChI is InChI=1S/C7H7NO2/c1-3-7(2,9)6-4-5-10-8-6/h1,4-5,9H,2H3/t7-/m1/s1. The van der Waals surface area contributed by atoms with E-state index in [2.05, 4.69) is 15.6 Å². The Bertz CT molecular complexity index is 243. The number of aliphatic hydroxyl groups is 1. The fourth-order valence-corrected chi connectivity index (χ4v) is 0.538. The summed E-state index contributed by atoms with van der Waals surface area (Å²) in [5.74, 6) is 2.18. The molecule has 0 aromatic carbocycles. The second-order valence-corrected chi connectivity index (χ2v) is 2.10. The van der Waals surface area contributed by atoms with Gasteiger partial charge in [0, 0.05) is 6.07 Å². The summed E-state index contributed by atoms with van der Waals surface area (Å²) in [5.41, 5.74) is -0.956. The van der Waals surface area contributed by atoms with E-state index in [1.807, 2.05) is 0 Å². The molecule has 0 amide bonds. The largest absolute Gasteiger partial charge is 0.372 e. The Kier molecular flexibility index (Phi) is 1.48. The normalized spacial score (nSPS) is 15.7. The van der Waals surface area contributed by atoms with Gasteiger partial charge in [-0.2, -0.15) is 0 Å². The summed E-state index contributed by atoms with van der Waals surface area (Å²) >= 11 is 0. The highest BCUT2D eigenvalue weighted by Gasteiger charge is 2.22. The predicted octanol–water partition coefficient (Wildman–Crippen LogP) is 0.515. The molecule has 3 heteroatoms. The van der Waals surface area contributed by atoms with Crippen LogP contribution in [0.2, 0.25) is 0 Å². The first-order valence-corrected chi connectivity index (χ1v) is 2.78. The molecule has 52 valence electrons. The maximum absolute atomic E-state index is 9.32. The van der Waals surface area contributed by atoms with Gasteiger partial charge in [0.05, 0.1) is 0 Å². The first kappa shape index (κ1) is 6.84. The van der Waals surface area contributed by atoms with Gasteiger partial charge in [-0.25, -0.2) is 0 Å². The van der Waals surface area contributed by atoms with Crippen LogP contribution in [0.15, 0.2) is 16.9 Å². The fraction of sp³-hybridized carbons (Fsp3) is 0.286. The van der Waals surface area contributed by atoms with Crippen molar-refractivity contribution in [3.8, 4) is 12.3 Å². The summed E-state index contributed by atoms with van der Waals surface area (Å²) in [6, 6.07) is 1.53. The first-order valence-electron chi connectivity index (χ1n) is 2.78. The van der Waals surface area contributed by atoms with Crippen LogP contribution in [0.4, 0.5) is 0 Å². The molecule has 1 N–H and O–H groups in total. The molecule has 0 radical (unpaired) electrons. The molecule has 10 heavy (non-hydrogen) atoms. The Labute approximate surface area is 58.6 Å². The Morgan fingerprint density at radius 2 is 2.60 bits per heavy atom. The van der Waals surface area contributed by atoms with Crippen molar-refractivity contribution in [1.82, 2.24) is 5.16 Å². The minimum atomic E-state index is -1.31. The van der Waals surface area contributed by atoms with Gasteiger partial charge in [-0.3, -0.25) is 0 Å². The molecular formula is C7H7NO2. The highest BCUT2D eigenvalue weighted by molar-refractivity contribution is 5.19. The lowest BCUT2D eigenvalue weighted by Gasteiger charge is -2.10. The van der Waals surface area contributed by atoms with E-state index in [1.54, 1.807) is 0 Å². The number of nitrogens with zero attached hydrogens (tertiary/aromatic N) is 1. The highest BCUT2D eigenvalue weighted by atomic mass is 16.5. The average molecular weight is 137 g/mol. The smallest absolute Gasteiger partial charge is 0.168 e. The number of terminal acetylenes is 1. The Hall–Kier alpha value is -1.27. The van der Waals surface area contributed by atoms with Crippen LogP contribution in [-0.4, -0.2) is 10.3 Å². The molecule has 0 saturated carbocycles. The number of hydrogen-bond acceptors (Lipinski definition) is 3. The molecule has 0 unspecified atom stereocenters. The molecule has 0 aliphatic carbocycles. The van der Waals surface area contributed by atoms with Crippen LogP contribution in [0.1, 0.15) is 12.6 Å². The van der Waals surface area contributed by atoms with Crippen LogP contribution in [0.25, 0.3) is 0 Å². The molecule has 3 nitrogen and oxygen atoms in total. The van der Waals surface area contributed by atoms with Crippen molar-refractivity contribution in [2.45, 2.75) is 12.5 Å². The Morgan fingerprint density at radius 1 is 1.90 bits per heavy atom. The monoisotopic (exact) mass is 137 g/mol. The van der Waals surface area contributed by atoms with Crippen molar-refractivity contribution in [2.75, 3.05) is 0 Å². The van der Waals surface area contributed by atoms with Crippen molar-refractivity contribution >= 4 is 0 Å². The van der Waals surface area contributed by atoms with Crippen molar-refractivity contribution in [3.05, 3.63) is 18.0 Å². The Morgan fingerprint density at radius 3 is 3.00 bits per heavy atom. The SMILES string of the molecule is C#C[C@@](C)(O)c1ccon1. The first-order chi connectivity index (χ1) is 4.67. The lowest BCUT2D eigenvalue weighted by atomic mass is 10.1. The molecule has 1 aromatic heterocycles. The van der Waals surface area contributed by atoms with Crippen LogP contribution in [0.3, 0.4) is 0 Å². The second-order valence-electron chi connectivity index (χ2n) is 2.10. The van der Waals surface area contributed by atoms with E-state index in [4.69, 9.17) is 6.42 Å². The van der Waals surface area contributed by atoms with Crippen molar-refractivity contribution in [3.63, 3.8) is 0 Å². The fourth-order valence-electron chi connectivity index (χ4n) is 0.538. The van der Waals surface area contributed by atoms with Gasteiger partial charge in [0.1, 0.15) is 12.0 Å². The summed E-state index contributed by atoms with van der Waals surface area (Å²) in [4.78, 5) is 0.